The molecule has 21 heteroatoms. The van der Waals surface area contributed by atoms with Gasteiger partial charge in [-0.05, 0) is 96.8 Å². The van der Waals surface area contributed by atoms with Gasteiger partial charge < -0.3 is 37.9 Å². The van der Waals surface area contributed by atoms with Crippen molar-refractivity contribution in [2.45, 2.75) is 98.1 Å². The highest BCUT2D eigenvalue weighted by Crippen LogP contribution is 2.40. The molecule has 71 heavy (non-hydrogen) atoms. The van der Waals surface area contributed by atoms with E-state index in [-0.39, 0.29) is 47.5 Å². The summed E-state index contributed by atoms with van der Waals surface area (Å²) in [7, 11) is 0. The minimum Gasteiger partial charge on any atom is -0.493 e. The quantitative estimate of drug-likeness (QED) is 0.0482. The van der Waals surface area contributed by atoms with Crippen LogP contribution in [0.1, 0.15) is 80.6 Å². The van der Waals surface area contributed by atoms with Crippen LogP contribution in [0.4, 0.5) is 26.3 Å². The number of alkyl halides is 8. The maximum Gasteiger partial charge on any atom is 0.437 e. The second kappa shape index (κ2) is 24.8. The van der Waals surface area contributed by atoms with Gasteiger partial charge in [0.05, 0.1) is 47.2 Å². The second-order valence-corrected chi connectivity index (χ2v) is 17.2. The van der Waals surface area contributed by atoms with Crippen molar-refractivity contribution in [1.29, 1.82) is 0 Å². The van der Waals surface area contributed by atoms with Gasteiger partial charge in [-0.3, -0.25) is 9.59 Å². The normalized spacial score (nSPS) is 11.6. The van der Waals surface area contributed by atoms with Crippen LogP contribution in [0.3, 0.4) is 0 Å². The van der Waals surface area contributed by atoms with E-state index in [1.807, 2.05) is 54.9 Å². The van der Waals surface area contributed by atoms with Crippen LogP contribution >= 0.6 is 34.8 Å². The van der Waals surface area contributed by atoms with Gasteiger partial charge in [-0.15, -0.1) is 23.2 Å². The minimum absolute atomic E-state index is 0. The number of rotatable bonds is 18. The van der Waals surface area contributed by atoms with E-state index in [1.54, 1.807) is 24.4 Å². The van der Waals surface area contributed by atoms with E-state index in [0.29, 0.717) is 91.6 Å². The third kappa shape index (κ3) is 13.9. The largest absolute Gasteiger partial charge is 0.493 e. The van der Waals surface area contributed by atoms with E-state index in [1.165, 1.54) is 18.2 Å². The summed E-state index contributed by atoms with van der Waals surface area (Å²) in [6, 6.07) is 18.7. The zero-order valence-corrected chi connectivity index (χ0v) is 40.0. The molecule has 0 amide bonds. The molecule has 12 nitrogen and oxygen atoms in total. The number of hydrogen-bond donors (Lipinski definition) is 2. The first-order valence-electron chi connectivity index (χ1n) is 22.0. The first-order valence-corrected chi connectivity index (χ1v) is 23.5. The maximum absolute atomic E-state index is 13.2. The molecule has 2 N–H and O–H groups in total. The number of carbonyl (C=O) groups is 2. The molecule has 0 fully saturated rings. The Balaban J connectivity index is 0.000000247. The zero-order chi connectivity index (χ0) is 50.8. The van der Waals surface area contributed by atoms with Gasteiger partial charge in [-0.25, -0.2) is 0 Å². The predicted octanol–water partition coefficient (Wildman–Crippen LogP) is 14.4. The molecule has 0 saturated heterocycles. The van der Waals surface area contributed by atoms with Gasteiger partial charge in [-0.2, -0.15) is 26.3 Å². The Labute approximate surface area is 418 Å². The SMILES string of the molecule is C.CCCc1c(OCCCn2cc(Cl)c3cc(CC(=O)O)ccc32)ccc2c(C(F)(F)F)noc12.CCCc1c(OCCCn2ccc3cc(CC(=O)O)ccc32)ccc2c(C(F)(F)F)noc12.ClCCl. The highest BCUT2D eigenvalue weighted by Gasteiger charge is 2.39. The topological polar surface area (TPSA) is 155 Å². The van der Waals surface area contributed by atoms with E-state index >= 15 is 0 Å². The fourth-order valence-electron chi connectivity index (χ4n) is 8.07. The van der Waals surface area contributed by atoms with Crippen LogP contribution in [-0.2, 0) is 60.7 Å². The molecule has 4 aromatic carbocycles. The Morgan fingerprint density at radius 2 is 1.13 bits per heavy atom. The van der Waals surface area contributed by atoms with E-state index in [2.05, 4.69) is 14.9 Å². The number of benzene rings is 4. The van der Waals surface area contributed by atoms with Gasteiger partial charge in [-0.1, -0.05) is 68.2 Å². The number of halogens is 9. The molecule has 0 aliphatic heterocycles. The number of fused-ring (bicyclic) bond motifs is 4. The Hall–Kier alpha value is -6.11. The van der Waals surface area contributed by atoms with E-state index in [4.69, 9.17) is 63.5 Å². The summed E-state index contributed by atoms with van der Waals surface area (Å²) < 4.78 is 105. The smallest absolute Gasteiger partial charge is 0.437 e. The third-order valence-electron chi connectivity index (χ3n) is 11.0. The number of ether oxygens (including phenoxy) is 2. The van der Waals surface area contributed by atoms with Gasteiger partial charge in [0.25, 0.3) is 0 Å². The summed E-state index contributed by atoms with van der Waals surface area (Å²) in [4.78, 5) is 21.9. The van der Waals surface area contributed by atoms with Crippen molar-refractivity contribution in [1.82, 2.24) is 19.4 Å². The molecular weight excluding hydrogens is 1000 g/mol. The number of aliphatic carboxylic acids is 2. The van der Waals surface area contributed by atoms with Crippen LogP contribution in [0.2, 0.25) is 5.02 Å². The van der Waals surface area contributed by atoms with Crippen molar-refractivity contribution in [3.63, 3.8) is 0 Å². The molecule has 0 spiro atoms. The number of aryl methyl sites for hydroxylation is 4. The first-order chi connectivity index (χ1) is 33.4. The number of nitrogens with zero attached hydrogens (tertiary/aromatic N) is 4. The van der Waals surface area contributed by atoms with Gasteiger partial charge in [0.1, 0.15) is 11.5 Å². The summed E-state index contributed by atoms with van der Waals surface area (Å²) in [6.45, 7) is 5.83. The fraction of sp³-hybridized carbons (Fsp3) is 0.360. The van der Waals surface area contributed by atoms with Crippen LogP contribution in [0, 0.1) is 0 Å². The molecule has 382 valence electrons. The van der Waals surface area contributed by atoms with Gasteiger partial charge in [0.15, 0.2) is 22.6 Å². The molecule has 4 heterocycles. The van der Waals surface area contributed by atoms with Crippen molar-refractivity contribution in [2.24, 2.45) is 0 Å². The second-order valence-electron chi connectivity index (χ2n) is 16.0. The van der Waals surface area contributed by atoms with Crippen molar-refractivity contribution < 1.29 is 64.7 Å². The average molecular weight is 1060 g/mol. The number of hydrogen-bond acceptors (Lipinski definition) is 8. The third-order valence-corrected chi connectivity index (χ3v) is 11.3. The number of carboxylic acids is 2. The molecule has 0 radical (unpaired) electrons. The van der Waals surface area contributed by atoms with Crippen LogP contribution in [-0.4, -0.2) is 60.2 Å². The van der Waals surface area contributed by atoms with Gasteiger partial charge in [0.2, 0.25) is 0 Å². The first kappa shape index (κ1) is 55.8. The number of aromatic nitrogens is 4. The van der Waals surface area contributed by atoms with Crippen molar-refractivity contribution in [3.05, 3.63) is 118 Å². The Bertz CT molecular complexity index is 3070. The molecule has 0 bridgehead atoms. The molecular formula is C50H51Cl3F6N4O8. The van der Waals surface area contributed by atoms with Gasteiger partial charge >= 0.3 is 24.3 Å². The van der Waals surface area contributed by atoms with Crippen molar-refractivity contribution in [3.8, 4) is 11.5 Å². The van der Waals surface area contributed by atoms with Crippen LogP contribution in [0.15, 0.2) is 88.2 Å². The summed E-state index contributed by atoms with van der Waals surface area (Å²) >= 11 is 15.9. The molecule has 8 rings (SSSR count). The molecule has 0 unspecified atom stereocenters. The lowest BCUT2D eigenvalue weighted by molar-refractivity contribution is -0.142. The highest BCUT2D eigenvalue weighted by molar-refractivity contribution is 6.40. The maximum atomic E-state index is 13.2. The standard InChI is InChI=1S/C24H22ClF3N2O4.C24H23F3N2O4.CH2Cl2.CH4/c1-2-4-15-20(8-6-16-22(15)34-29-23(16)24(26,27)28)33-10-3-9-30-13-18(25)17-11-14(12-21(31)32)5-7-19(17)30;1-2-4-17-20(8-6-18-22(17)33-28-23(18)24(25,26)27)32-12-3-10-29-11-9-16-13-15(14-21(30)31)5-7-19(16)29;2-1-3;/h5-8,11,13H,2-4,9-10,12H2,1H3,(H,31,32);5-9,11,13H,2-4,10,12,14H2,1H3,(H,30,31);1H2;1H4. The average Bonchev–Trinajstić information content (AvgIpc) is 4.10. The summed E-state index contributed by atoms with van der Waals surface area (Å²) in [5.74, 6) is -0.794. The summed E-state index contributed by atoms with van der Waals surface area (Å²) in [6.07, 6.45) is -1.81. The van der Waals surface area contributed by atoms with Gasteiger partial charge in [0, 0.05) is 53.0 Å². The lowest BCUT2D eigenvalue weighted by Crippen LogP contribution is -2.06. The monoisotopic (exact) mass is 1050 g/mol. The molecule has 0 aliphatic carbocycles. The summed E-state index contributed by atoms with van der Waals surface area (Å²) in [5.41, 5.74) is 2.63. The lowest BCUT2D eigenvalue weighted by atomic mass is 10.0. The lowest BCUT2D eigenvalue weighted by Gasteiger charge is -2.12. The number of carboxylic acid groups (broad SMARTS) is 2. The predicted molar refractivity (Wildman–Crippen MR) is 261 cm³/mol. The molecule has 0 aliphatic rings. The van der Waals surface area contributed by atoms with Crippen molar-refractivity contribution in [2.75, 3.05) is 18.6 Å². The Morgan fingerprint density at radius 3 is 1.59 bits per heavy atom. The Kier molecular flexibility index (Phi) is 19.5. The molecule has 4 aromatic heterocycles. The fourth-order valence-corrected chi connectivity index (χ4v) is 8.34. The Morgan fingerprint density at radius 1 is 0.662 bits per heavy atom. The van der Waals surface area contributed by atoms with Crippen LogP contribution < -0.4 is 9.47 Å². The zero-order valence-electron chi connectivity index (χ0n) is 37.7. The molecule has 8 aromatic rings. The van der Waals surface area contributed by atoms with E-state index in [0.717, 1.165) is 33.8 Å². The van der Waals surface area contributed by atoms with E-state index < -0.39 is 35.7 Å². The van der Waals surface area contributed by atoms with Crippen molar-refractivity contribution >= 4 is 90.5 Å². The highest BCUT2D eigenvalue weighted by atomic mass is 35.5. The van der Waals surface area contributed by atoms with Crippen LogP contribution in [0.25, 0.3) is 43.7 Å². The van der Waals surface area contributed by atoms with Crippen LogP contribution in [0.5, 0.6) is 11.5 Å². The van der Waals surface area contributed by atoms with E-state index in [9.17, 15) is 35.9 Å². The molecule has 0 atom stereocenters. The summed E-state index contributed by atoms with van der Waals surface area (Å²) in [5, 5.41) is 26.8. The molecule has 0 saturated carbocycles. The minimum atomic E-state index is -4.59.